The molecule has 0 aliphatic carbocycles. The summed E-state index contributed by atoms with van der Waals surface area (Å²) in [5.74, 6) is 0. The van der Waals surface area contributed by atoms with Crippen molar-refractivity contribution in [3.63, 3.8) is 0 Å². The molecule has 1 unspecified atom stereocenters. The van der Waals surface area contributed by atoms with Crippen molar-refractivity contribution in [3.05, 3.63) is 42.2 Å². The zero-order valence-corrected chi connectivity index (χ0v) is 10.3. The second-order valence-corrected chi connectivity index (χ2v) is 4.27. The van der Waals surface area contributed by atoms with E-state index in [0.29, 0.717) is 6.54 Å². The van der Waals surface area contributed by atoms with Crippen molar-refractivity contribution in [1.29, 1.82) is 0 Å². The van der Waals surface area contributed by atoms with Gasteiger partial charge >= 0.3 is 0 Å². The molecule has 0 spiro atoms. The van der Waals surface area contributed by atoms with Crippen LogP contribution in [-0.4, -0.2) is 29.8 Å². The van der Waals surface area contributed by atoms with E-state index in [1.807, 2.05) is 30.6 Å². The van der Waals surface area contributed by atoms with E-state index in [-0.39, 0.29) is 12.6 Å². The number of benzene rings is 1. The topological polar surface area (TPSA) is 71.2 Å². The van der Waals surface area contributed by atoms with Gasteiger partial charge in [0.2, 0.25) is 0 Å². The van der Waals surface area contributed by atoms with Gasteiger partial charge in [0.05, 0.1) is 0 Å². The number of hydrogen-bond acceptors (Lipinski definition) is 4. The number of nitrogens with two attached hydrogens (primary N) is 1. The average Bonchev–Trinajstić information content (AvgIpc) is 2.43. The maximum atomic E-state index is 8.81. The molecule has 0 bridgehead atoms. The van der Waals surface area contributed by atoms with Crippen molar-refractivity contribution in [1.82, 2.24) is 10.3 Å². The highest BCUT2D eigenvalue weighted by molar-refractivity contribution is 5.85. The molecule has 4 N–H and O–H groups in total. The van der Waals surface area contributed by atoms with E-state index in [1.165, 1.54) is 5.39 Å². The van der Waals surface area contributed by atoms with Gasteiger partial charge in [-0.15, -0.1) is 0 Å². The summed E-state index contributed by atoms with van der Waals surface area (Å²) in [6.07, 6.45) is 4.46. The Morgan fingerprint density at radius 1 is 1.28 bits per heavy atom. The first-order valence-corrected chi connectivity index (χ1v) is 6.23. The molecule has 18 heavy (non-hydrogen) atoms. The van der Waals surface area contributed by atoms with Gasteiger partial charge in [0.15, 0.2) is 0 Å². The second-order valence-electron chi connectivity index (χ2n) is 4.27. The Morgan fingerprint density at radius 3 is 2.89 bits per heavy atom. The van der Waals surface area contributed by atoms with Crippen LogP contribution in [0.4, 0.5) is 0 Å². The number of aromatic nitrogens is 1. The van der Waals surface area contributed by atoms with Crippen molar-refractivity contribution in [2.75, 3.05) is 19.7 Å². The third-order valence-corrected chi connectivity index (χ3v) is 3.04. The first-order chi connectivity index (χ1) is 8.86. The highest BCUT2D eigenvalue weighted by Crippen LogP contribution is 2.22. The summed E-state index contributed by atoms with van der Waals surface area (Å²) < 4.78 is 0. The van der Waals surface area contributed by atoms with Gasteiger partial charge in [-0.2, -0.15) is 0 Å². The first kappa shape index (κ1) is 13.0. The van der Waals surface area contributed by atoms with Gasteiger partial charge in [-0.25, -0.2) is 0 Å². The van der Waals surface area contributed by atoms with Crippen LogP contribution in [0.3, 0.4) is 0 Å². The molecule has 1 heterocycles. The lowest BCUT2D eigenvalue weighted by atomic mass is 10.0. The molecule has 0 aliphatic rings. The van der Waals surface area contributed by atoms with E-state index in [9.17, 15) is 0 Å². The first-order valence-electron chi connectivity index (χ1n) is 6.23. The van der Waals surface area contributed by atoms with E-state index in [0.717, 1.165) is 23.9 Å². The van der Waals surface area contributed by atoms with Crippen LogP contribution in [0, 0.1) is 0 Å². The number of fused-ring (bicyclic) bond motifs is 1. The lowest BCUT2D eigenvalue weighted by Crippen LogP contribution is -2.29. The van der Waals surface area contributed by atoms with E-state index in [4.69, 9.17) is 10.8 Å². The largest absolute Gasteiger partial charge is 0.396 e. The predicted molar refractivity (Wildman–Crippen MR) is 73.2 cm³/mol. The van der Waals surface area contributed by atoms with E-state index >= 15 is 0 Å². The minimum Gasteiger partial charge on any atom is -0.396 e. The molecule has 1 aromatic heterocycles. The van der Waals surface area contributed by atoms with Gasteiger partial charge in [0.1, 0.15) is 0 Å². The maximum absolute atomic E-state index is 8.81. The van der Waals surface area contributed by atoms with Crippen LogP contribution < -0.4 is 11.1 Å². The predicted octanol–water partition coefficient (Wildman–Crippen LogP) is 1.21. The van der Waals surface area contributed by atoms with Gasteiger partial charge in [-0.1, -0.05) is 24.3 Å². The van der Waals surface area contributed by atoms with Crippen molar-refractivity contribution >= 4 is 10.8 Å². The molecule has 1 atom stereocenters. The monoisotopic (exact) mass is 245 g/mol. The van der Waals surface area contributed by atoms with Crippen LogP contribution in [0.25, 0.3) is 10.8 Å². The maximum Gasteiger partial charge on any atom is 0.0466 e. The molecule has 0 saturated carbocycles. The highest BCUT2D eigenvalue weighted by atomic mass is 16.3. The highest BCUT2D eigenvalue weighted by Gasteiger charge is 2.12. The summed E-state index contributed by atoms with van der Waals surface area (Å²) in [7, 11) is 0. The summed E-state index contributed by atoms with van der Waals surface area (Å²) in [5.41, 5.74) is 6.94. The standard InChI is InChI=1S/C14H19N3O/c15-8-14(17-6-3-7-18)13-10-16-9-11-4-1-2-5-12(11)13/h1-2,4-5,9-10,14,17-18H,3,6-8,15H2. The number of rotatable bonds is 6. The van der Waals surface area contributed by atoms with Gasteiger partial charge in [-0.05, 0) is 23.9 Å². The van der Waals surface area contributed by atoms with Gasteiger partial charge < -0.3 is 16.2 Å². The van der Waals surface area contributed by atoms with Gasteiger partial charge in [0, 0.05) is 37.0 Å². The van der Waals surface area contributed by atoms with Crippen LogP contribution in [0.15, 0.2) is 36.7 Å². The van der Waals surface area contributed by atoms with E-state index < -0.39 is 0 Å². The molecular formula is C14H19N3O. The molecule has 0 saturated heterocycles. The van der Waals surface area contributed by atoms with Crippen LogP contribution in [0.1, 0.15) is 18.0 Å². The Morgan fingerprint density at radius 2 is 2.11 bits per heavy atom. The SMILES string of the molecule is NCC(NCCCO)c1cncc2ccccc12. The van der Waals surface area contributed by atoms with Crippen LogP contribution in [-0.2, 0) is 0 Å². The molecule has 2 rings (SSSR count). The molecular weight excluding hydrogens is 226 g/mol. The molecule has 0 radical (unpaired) electrons. The third kappa shape index (κ3) is 2.85. The van der Waals surface area contributed by atoms with Crippen molar-refractivity contribution < 1.29 is 5.11 Å². The van der Waals surface area contributed by atoms with E-state index in [1.54, 1.807) is 0 Å². The average molecular weight is 245 g/mol. The summed E-state index contributed by atoms with van der Waals surface area (Å²) >= 11 is 0. The Kier molecular flexibility index (Phi) is 4.64. The van der Waals surface area contributed by atoms with Crippen LogP contribution in [0.2, 0.25) is 0 Å². The number of aliphatic hydroxyl groups excluding tert-OH is 1. The molecule has 0 aliphatic heterocycles. The minimum absolute atomic E-state index is 0.0788. The second kappa shape index (κ2) is 6.44. The van der Waals surface area contributed by atoms with Crippen LogP contribution in [0.5, 0.6) is 0 Å². The summed E-state index contributed by atoms with van der Waals surface area (Å²) in [5, 5.41) is 14.5. The number of aliphatic hydroxyl groups is 1. The Labute approximate surface area is 107 Å². The smallest absolute Gasteiger partial charge is 0.0466 e. The van der Waals surface area contributed by atoms with Crippen molar-refractivity contribution in [2.45, 2.75) is 12.5 Å². The van der Waals surface area contributed by atoms with Crippen molar-refractivity contribution in [2.24, 2.45) is 5.73 Å². The molecule has 0 amide bonds. The fraction of sp³-hybridized carbons (Fsp3) is 0.357. The lowest BCUT2D eigenvalue weighted by molar-refractivity contribution is 0.283. The van der Waals surface area contributed by atoms with Gasteiger partial charge in [0.25, 0.3) is 0 Å². The fourth-order valence-corrected chi connectivity index (χ4v) is 2.09. The Hall–Kier alpha value is -1.49. The Bertz CT molecular complexity index is 496. The third-order valence-electron chi connectivity index (χ3n) is 3.04. The lowest BCUT2D eigenvalue weighted by Gasteiger charge is -2.18. The quantitative estimate of drug-likeness (QED) is 0.669. The van der Waals surface area contributed by atoms with E-state index in [2.05, 4.69) is 16.4 Å². The normalized spacial score (nSPS) is 12.8. The number of nitrogens with zero attached hydrogens (tertiary/aromatic N) is 1. The molecule has 1 aromatic carbocycles. The van der Waals surface area contributed by atoms with Gasteiger partial charge in [-0.3, -0.25) is 4.98 Å². The summed E-state index contributed by atoms with van der Waals surface area (Å²) in [6, 6.07) is 8.24. The molecule has 96 valence electrons. The number of pyridine rings is 1. The molecule has 0 fully saturated rings. The van der Waals surface area contributed by atoms with Crippen molar-refractivity contribution in [3.8, 4) is 0 Å². The van der Waals surface area contributed by atoms with Crippen LogP contribution >= 0.6 is 0 Å². The minimum atomic E-state index is 0.0788. The molecule has 2 aromatic rings. The molecule has 4 nitrogen and oxygen atoms in total. The zero-order chi connectivity index (χ0) is 12.8. The number of nitrogens with one attached hydrogen (secondary N) is 1. The summed E-state index contributed by atoms with van der Waals surface area (Å²) in [4.78, 5) is 4.26. The Balaban J connectivity index is 2.27. The molecule has 4 heteroatoms. The fourth-order valence-electron chi connectivity index (χ4n) is 2.09. The zero-order valence-electron chi connectivity index (χ0n) is 10.3. The number of hydrogen-bond donors (Lipinski definition) is 3. The summed E-state index contributed by atoms with van der Waals surface area (Å²) in [6.45, 7) is 1.46.